The van der Waals surface area contributed by atoms with E-state index in [1.807, 2.05) is 0 Å². The van der Waals surface area contributed by atoms with Crippen molar-refractivity contribution < 1.29 is 13.7 Å². The summed E-state index contributed by atoms with van der Waals surface area (Å²) < 4.78 is 19.3. The zero-order valence-corrected chi connectivity index (χ0v) is 8.30. The Morgan fingerprint density at radius 1 is 1.77 bits per heavy atom. The van der Waals surface area contributed by atoms with Gasteiger partial charge >= 0.3 is 5.37 Å². The summed E-state index contributed by atoms with van der Waals surface area (Å²) in [6, 6.07) is 1.55. The van der Waals surface area contributed by atoms with E-state index in [1.165, 1.54) is 0 Å². The second kappa shape index (κ2) is 3.95. The molecule has 5 nitrogen and oxygen atoms in total. The maximum absolute atomic E-state index is 10.6. The Morgan fingerprint density at radius 3 is 2.69 bits per heavy atom. The predicted molar refractivity (Wildman–Crippen MR) is 49.6 cm³/mol. The molecule has 1 heterocycles. The van der Waals surface area contributed by atoms with Gasteiger partial charge in [0.1, 0.15) is 0 Å². The van der Waals surface area contributed by atoms with Crippen LogP contribution >= 0.6 is 11.3 Å². The molecular formula is C6H7NO4S2. The third kappa shape index (κ3) is 2.33. The summed E-state index contributed by atoms with van der Waals surface area (Å²) in [7, 11) is 0. The molecule has 0 amide bonds. The highest BCUT2D eigenvalue weighted by atomic mass is 32.2. The summed E-state index contributed by atoms with van der Waals surface area (Å²) in [5, 5.41) is 10.6. The van der Waals surface area contributed by atoms with Gasteiger partial charge in [0.25, 0.3) is 0 Å². The first-order valence-electron chi connectivity index (χ1n) is 3.30. The normalized spacial score (nSPS) is 15.2. The number of nitro groups is 1. The highest BCUT2D eigenvalue weighted by Gasteiger charge is 2.30. The number of hydrogen-bond donors (Lipinski definition) is 1. The molecule has 0 saturated carbocycles. The van der Waals surface area contributed by atoms with Gasteiger partial charge in [-0.1, -0.05) is 0 Å². The number of rotatable bonds is 3. The zero-order chi connectivity index (χ0) is 10.0. The van der Waals surface area contributed by atoms with Gasteiger partial charge in [-0.15, -0.1) is 11.3 Å². The number of nitrogens with zero attached hydrogens (tertiary/aromatic N) is 1. The van der Waals surface area contributed by atoms with Gasteiger partial charge in [0.2, 0.25) is 11.1 Å². The van der Waals surface area contributed by atoms with Gasteiger partial charge in [-0.05, 0) is 23.9 Å². The maximum atomic E-state index is 10.6. The average molecular weight is 221 g/mol. The fraction of sp³-hybridized carbons (Fsp3) is 0.333. The van der Waals surface area contributed by atoms with Crippen LogP contribution in [-0.4, -0.2) is 13.7 Å². The molecule has 1 N–H and O–H groups in total. The monoisotopic (exact) mass is 221 g/mol. The molecule has 1 rings (SSSR count). The van der Waals surface area contributed by atoms with E-state index in [-0.39, 0.29) is 0 Å². The van der Waals surface area contributed by atoms with Crippen molar-refractivity contribution in [2.24, 2.45) is 0 Å². The van der Waals surface area contributed by atoms with Crippen LogP contribution in [0.15, 0.2) is 11.4 Å². The van der Waals surface area contributed by atoms with E-state index in [0.717, 1.165) is 16.9 Å². The lowest BCUT2D eigenvalue weighted by Gasteiger charge is -2.00. The van der Waals surface area contributed by atoms with Gasteiger partial charge in [0, 0.05) is 4.92 Å². The van der Waals surface area contributed by atoms with Crippen LogP contribution in [0, 0.1) is 17.0 Å². The molecule has 0 aliphatic rings. The summed E-state index contributed by atoms with van der Waals surface area (Å²) >= 11 is -1.34. The van der Waals surface area contributed by atoms with Crippen molar-refractivity contribution in [2.75, 3.05) is 0 Å². The second-order valence-electron chi connectivity index (χ2n) is 2.44. The van der Waals surface area contributed by atoms with Crippen molar-refractivity contribution in [2.45, 2.75) is 12.3 Å². The second-order valence-corrected chi connectivity index (χ2v) is 4.38. The topological polar surface area (TPSA) is 80.4 Å². The molecule has 0 aliphatic heterocycles. The smallest absolute Gasteiger partial charge is 0.301 e. The molecule has 1 aromatic rings. The van der Waals surface area contributed by atoms with Crippen molar-refractivity contribution in [3.05, 3.63) is 32.0 Å². The van der Waals surface area contributed by atoms with E-state index in [4.69, 9.17) is 4.55 Å². The first-order chi connectivity index (χ1) is 6.02. The molecule has 2 atom stereocenters. The van der Waals surface area contributed by atoms with Gasteiger partial charge in [0.05, 0.1) is 4.88 Å². The molecule has 0 spiro atoms. The minimum atomic E-state index is -2.46. The van der Waals surface area contributed by atoms with Crippen LogP contribution in [0.5, 0.6) is 0 Å². The third-order valence-electron chi connectivity index (χ3n) is 1.38. The molecule has 72 valence electrons. The molecule has 0 radical (unpaired) electrons. The molecule has 0 saturated heterocycles. The Hall–Kier alpha value is -0.790. The number of hydrogen-bond acceptors (Lipinski definition) is 4. The van der Waals surface area contributed by atoms with Crippen LogP contribution in [0.25, 0.3) is 0 Å². The Kier molecular flexibility index (Phi) is 3.12. The maximum Gasteiger partial charge on any atom is 0.343 e. The van der Waals surface area contributed by atoms with Crippen LogP contribution < -0.4 is 0 Å². The Morgan fingerprint density at radius 2 is 2.38 bits per heavy atom. The van der Waals surface area contributed by atoms with Crippen molar-refractivity contribution in [3.8, 4) is 0 Å². The van der Waals surface area contributed by atoms with Gasteiger partial charge in [-0.2, -0.15) is 0 Å². The van der Waals surface area contributed by atoms with Crippen LogP contribution in [0.2, 0.25) is 0 Å². The first kappa shape index (κ1) is 10.3. The molecule has 1 aromatic heterocycles. The fourth-order valence-electron chi connectivity index (χ4n) is 0.860. The van der Waals surface area contributed by atoms with Gasteiger partial charge in [0.15, 0.2) is 0 Å². The predicted octanol–water partition coefficient (Wildman–Crippen LogP) is 1.55. The first-order valence-corrected chi connectivity index (χ1v) is 5.35. The molecule has 0 bridgehead atoms. The van der Waals surface area contributed by atoms with Gasteiger partial charge < -0.3 is 4.55 Å². The van der Waals surface area contributed by atoms with Crippen molar-refractivity contribution >= 4 is 22.4 Å². The van der Waals surface area contributed by atoms with E-state index in [9.17, 15) is 14.3 Å². The summed E-state index contributed by atoms with van der Waals surface area (Å²) in [6.07, 6.45) is 0. The number of aryl methyl sites for hydroxylation is 1. The van der Waals surface area contributed by atoms with Crippen molar-refractivity contribution in [1.82, 2.24) is 0 Å². The van der Waals surface area contributed by atoms with E-state index >= 15 is 0 Å². The summed E-state index contributed by atoms with van der Waals surface area (Å²) in [5.74, 6) is 0. The molecule has 13 heavy (non-hydrogen) atoms. The minimum absolute atomic E-state index is 0.309. The minimum Gasteiger partial charge on any atom is -0.301 e. The van der Waals surface area contributed by atoms with E-state index in [0.29, 0.717) is 4.88 Å². The molecule has 0 fully saturated rings. The van der Waals surface area contributed by atoms with Crippen molar-refractivity contribution in [1.29, 1.82) is 0 Å². The molecule has 7 heteroatoms. The standard InChI is InChI=1S/C6H7NO4S2/c1-4-2-5(12-3-4)6(7(8)9)13(10)11/h2-3,6H,1H3,(H,10,11). The van der Waals surface area contributed by atoms with Crippen LogP contribution in [0.1, 0.15) is 15.8 Å². The molecule has 0 aromatic carbocycles. The third-order valence-corrected chi connectivity index (χ3v) is 3.44. The summed E-state index contributed by atoms with van der Waals surface area (Å²) in [5.41, 5.74) is 0.859. The fourth-order valence-corrected chi connectivity index (χ4v) is 2.53. The quantitative estimate of drug-likeness (QED) is 0.477. The lowest BCUT2D eigenvalue weighted by atomic mass is 10.3. The lowest BCUT2D eigenvalue weighted by molar-refractivity contribution is -0.502. The van der Waals surface area contributed by atoms with Gasteiger partial charge in [-0.25, -0.2) is 4.21 Å². The Bertz CT molecular complexity index is 334. The largest absolute Gasteiger partial charge is 0.343 e. The number of thiophene rings is 1. The lowest BCUT2D eigenvalue weighted by Crippen LogP contribution is -2.14. The van der Waals surface area contributed by atoms with E-state index in [2.05, 4.69) is 0 Å². The average Bonchev–Trinajstić information content (AvgIpc) is 2.34. The van der Waals surface area contributed by atoms with Crippen LogP contribution in [0.4, 0.5) is 0 Å². The van der Waals surface area contributed by atoms with Gasteiger partial charge in [-0.3, -0.25) is 10.1 Å². The van der Waals surface area contributed by atoms with Crippen LogP contribution in [-0.2, 0) is 11.1 Å². The summed E-state index contributed by atoms with van der Waals surface area (Å²) in [6.45, 7) is 1.78. The molecular weight excluding hydrogens is 214 g/mol. The summed E-state index contributed by atoms with van der Waals surface area (Å²) in [4.78, 5) is 9.97. The highest BCUT2D eigenvalue weighted by Crippen LogP contribution is 2.26. The Labute approximate surface area is 80.8 Å². The van der Waals surface area contributed by atoms with E-state index < -0.39 is 21.4 Å². The van der Waals surface area contributed by atoms with Crippen LogP contribution in [0.3, 0.4) is 0 Å². The highest BCUT2D eigenvalue weighted by molar-refractivity contribution is 7.79. The SMILES string of the molecule is Cc1csc(C([N+](=O)[O-])S(=O)O)c1. The molecule has 0 aliphatic carbocycles. The zero-order valence-electron chi connectivity index (χ0n) is 6.67. The Balaban J connectivity index is 3.02. The van der Waals surface area contributed by atoms with E-state index in [1.54, 1.807) is 18.4 Å². The molecule has 2 unspecified atom stereocenters. The van der Waals surface area contributed by atoms with Crippen molar-refractivity contribution in [3.63, 3.8) is 0 Å².